The normalized spacial score (nSPS) is 18.8. The van der Waals surface area contributed by atoms with Crippen LogP contribution in [-0.2, 0) is 15.7 Å². The molecule has 1 fully saturated rings. The van der Waals surface area contributed by atoms with Crippen LogP contribution in [0.3, 0.4) is 0 Å². The number of alkyl halides is 3. The first kappa shape index (κ1) is 17.7. The van der Waals surface area contributed by atoms with Gasteiger partial charge in [0.25, 0.3) is 0 Å². The minimum atomic E-state index is -4.43. The molecule has 1 atom stereocenters. The number of aryl methyl sites for hydroxylation is 1. The maximum absolute atomic E-state index is 12.6. The number of ether oxygens (including phenoxy) is 1. The van der Waals surface area contributed by atoms with Gasteiger partial charge in [-0.15, -0.1) is 12.4 Å². The van der Waals surface area contributed by atoms with Crippen LogP contribution in [0.4, 0.5) is 18.9 Å². The molecule has 1 amide bonds. The van der Waals surface area contributed by atoms with E-state index in [-0.39, 0.29) is 24.7 Å². The second-order valence-electron chi connectivity index (χ2n) is 4.60. The Balaban J connectivity index is 0.00000220. The summed E-state index contributed by atoms with van der Waals surface area (Å²) in [6, 6.07) is 2.73. The van der Waals surface area contributed by atoms with Crippen molar-refractivity contribution in [3.63, 3.8) is 0 Å². The summed E-state index contributed by atoms with van der Waals surface area (Å²) in [7, 11) is 0. The summed E-state index contributed by atoms with van der Waals surface area (Å²) in [4.78, 5) is 11.9. The van der Waals surface area contributed by atoms with Crippen LogP contribution in [0.5, 0.6) is 0 Å². The molecule has 8 heteroatoms. The van der Waals surface area contributed by atoms with Crippen LogP contribution in [-0.4, -0.2) is 31.7 Å². The van der Waals surface area contributed by atoms with Crippen LogP contribution in [0.25, 0.3) is 0 Å². The van der Waals surface area contributed by atoms with E-state index in [4.69, 9.17) is 4.74 Å². The number of anilines is 1. The van der Waals surface area contributed by atoms with Gasteiger partial charge < -0.3 is 15.4 Å². The van der Waals surface area contributed by atoms with E-state index in [0.717, 1.165) is 12.1 Å². The summed E-state index contributed by atoms with van der Waals surface area (Å²) in [5.74, 6) is -0.396. The fraction of sp³-hybridized carbons (Fsp3) is 0.462. The van der Waals surface area contributed by atoms with E-state index in [1.54, 1.807) is 6.92 Å². The molecule has 1 saturated heterocycles. The molecule has 0 aliphatic carbocycles. The second kappa shape index (κ2) is 7.11. The number of hydrogen-bond acceptors (Lipinski definition) is 3. The molecule has 1 unspecified atom stereocenters. The first-order valence-corrected chi connectivity index (χ1v) is 6.18. The maximum atomic E-state index is 12.6. The van der Waals surface area contributed by atoms with Crippen LogP contribution >= 0.6 is 12.4 Å². The molecule has 1 aromatic rings. The highest BCUT2D eigenvalue weighted by atomic mass is 35.5. The molecule has 0 aromatic heterocycles. The molecular weight excluding hydrogens is 309 g/mol. The third-order valence-corrected chi connectivity index (χ3v) is 3.06. The zero-order chi connectivity index (χ0) is 14.8. The predicted molar refractivity (Wildman–Crippen MR) is 74.7 cm³/mol. The third kappa shape index (κ3) is 4.59. The number of nitrogens with one attached hydrogen (secondary N) is 2. The number of halogens is 4. The van der Waals surface area contributed by atoms with Crippen molar-refractivity contribution in [3.05, 3.63) is 29.3 Å². The Morgan fingerprint density at radius 1 is 1.43 bits per heavy atom. The van der Waals surface area contributed by atoms with Gasteiger partial charge in [-0.25, -0.2) is 0 Å². The number of benzene rings is 1. The van der Waals surface area contributed by atoms with Gasteiger partial charge >= 0.3 is 6.18 Å². The molecule has 118 valence electrons. The average Bonchev–Trinajstić information content (AvgIpc) is 2.41. The molecule has 0 spiro atoms. The molecule has 2 rings (SSSR count). The van der Waals surface area contributed by atoms with Crippen molar-refractivity contribution in [1.82, 2.24) is 5.32 Å². The van der Waals surface area contributed by atoms with Crippen LogP contribution in [0.15, 0.2) is 18.2 Å². The van der Waals surface area contributed by atoms with Crippen molar-refractivity contribution in [2.45, 2.75) is 19.1 Å². The molecule has 0 bridgehead atoms. The summed E-state index contributed by atoms with van der Waals surface area (Å²) in [6.07, 6.45) is -4.43. The lowest BCUT2D eigenvalue weighted by Crippen LogP contribution is -2.48. The minimum absolute atomic E-state index is 0. The fourth-order valence-electron chi connectivity index (χ4n) is 1.89. The van der Waals surface area contributed by atoms with Crippen molar-refractivity contribution in [2.24, 2.45) is 0 Å². The number of amides is 1. The summed E-state index contributed by atoms with van der Waals surface area (Å²) in [5.41, 5.74) is -0.0495. The maximum Gasteiger partial charge on any atom is 0.416 e. The largest absolute Gasteiger partial charge is 0.416 e. The van der Waals surface area contributed by atoms with E-state index in [2.05, 4.69) is 10.6 Å². The Bertz CT molecular complexity index is 503. The van der Waals surface area contributed by atoms with Gasteiger partial charge in [-0.1, -0.05) is 6.07 Å². The first-order chi connectivity index (χ1) is 9.38. The number of hydrogen-bond donors (Lipinski definition) is 2. The molecule has 1 aromatic carbocycles. The molecule has 2 N–H and O–H groups in total. The van der Waals surface area contributed by atoms with Crippen molar-refractivity contribution in [3.8, 4) is 0 Å². The summed E-state index contributed by atoms with van der Waals surface area (Å²) >= 11 is 0. The van der Waals surface area contributed by atoms with Gasteiger partial charge in [-0.05, 0) is 24.6 Å². The third-order valence-electron chi connectivity index (χ3n) is 3.06. The van der Waals surface area contributed by atoms with E-state index in [0.29, 0.717) is 18.7 Å². The number of carbonyl (C=O) groups excluding carboxylic acids is 1. The molecule has 1 aliphatic rings. The Morgan fingerprint density at radius 2 is 2.14 bits per heavy atom. The van der Waals surface area contributed by atoms with E-state index in [1.165, 1.54) is 6.07 Å². The second-order valence-corrected chi connectivity index (χ2v) is 4.60. The van der Waals surface area contributed by atoms with Crippen LogP contribution in [0, 0.1) is 6.92 Å². The molecule has 4 nitrogen and oxygen atoms in total. The lowest BCUT2D eigenvalue weighted by molar-refractivity contribution is -0.137. The van der Waals surface area contributed by atoms with Crippen molar-refractivity contribution >= 4 is 24.0 Å². The monoisotopic (exact) mass is 324 g/mol. The predicted octanol–water partition coefficient (Wildman–Crippen LogP) is 2.36. The highest BCUT2D eigenvalue weighted by Gasteiger charge is 2.31. The number of morpholine rings is 1. The molecule has 1 aliphatic heterocycles. The van der Waals surface area contributed by atoms with Gasteiger partial charge in [-0.2, -0.15) is 13.2 Å². The molecule has 0 radical (unpaired) electrons. The SMILES string of the molecule is Cc1ccc(C(F)(F)F)cc1NC(=O)C1COCCN1.Cl. The summed E-state index contributed by atoms with van der Waals surface area (Å²) in [5, 5.41) is 5.46. The van der Waals surface area contributed by atoms with E-state index in [9.17, 15) is 18.0 Å². The van der Waals surface area contributed by atoms with Crippen molar-refractivity contribution < 1.29 is 22.7 Å². The topological polar surface area (TPSA) is 50.4 Å². The standard InChI is InChI=1S/C13H15F3N2O2.ClH/c1-8-2-3-9(13(14,15)16)6-10(8)18-12(19)11-7-20-5-4-17-11;/h2-3,6,11,17H,4-5,7H2,1H3,(H,18,19);1H. The van der Waals surface area contributed by atoms with Gasteiger partial charge in [-0.3, -0.25) is 4.79 Å². The Hall–Kier alpha value is -1.31. The molecule has 0 saturated carbocycles. The fourth-order valence-corrected chi connectivity index (χ4v) is 1.89. The minimum Gasteiger partial charge on any atom is -0.378 e. The summed E-state index contributed by atoms with van der Waals surface area (Å²) in [6.45, 7) is 2.91. The van der Waals surface area contributed by atoms with Crippen LogP contribution in [0.1, 0.15) is 11.1 Å². The van der Waals surface area contributed by atoms with Gasteiger partial charge in [0.2, 0.25) is 5.91 Å². The quantitative estimate of drug-likeness (QED) is 0.878. The zero-order valence-corrected chi connectivity index (χ0v) is 12.1. The Kier molecular flexibility index (Phi) is 6.00. The number of rotatable bonds is 2. The van der Waals surface area contributed by atoms with E-state index < -0.39 is 23.7 Å². The lowest BCUT2D eigenvalue weighted by Gasteiger charge is -2.23. The lowest BCUT2D eigenvalue weighted by atomic mass is 10.1. The summed E-state index contributed by atoms with van der Waals surface area (Å²) < 4.78 is 43.1. The highest BCUT2D eigenvalue weighted by Crippen LogP contribution is 2.32. The van der Waals surface area contributed by atoms with Gasteiger partial charge in [0, 0.05) is 12.2 Å². The smallest absolute Gasteiger partial charge is 0.378 e. The zero-order valence-electron chi connectivity index (χ0n) is 11.3. The molecule has 21 heavy (non-hydrogen) atoms. The average molecular weight is 325 g/mol. The van der Waals surface area contributed by atoms with Crippen molar-refractivity contribution in [1.29, 1.82) is 0 Å². The van der Waals surface area contributed by atoms with Crippen LogP contribution in [0.2, 0.25) is 0 Å². The van der Waals surface area contributed by atoms with Gasteiger partial charge in [0.1, 0.15) is 6.04 Å². The van der Waals surface area contributed by atoms with Gasteiger partial charge in [0.15, 0.2) is 0 Å². The molecular formula is C13H16ClF3N2O2. The van der Waals surface area contributed by atoms with Crippen LogP contribution < -0.4 is 10.6 Å². The van der Waals surface area contributed by atoms with E-state index >= 15 is 0 Å². The van der Waals surface area contributed by atoms with E-state index in [1.807, 2.05) is 0 Å². The first-order valence-electron chi connectivity index (χ1n) is 6.18. The molecule has 1 heterocycles. The van der Waals surface area contributed by atoms with Gasteiger partial charge in [0.05, 0.1) is 18.8 Å². The Morgan fingerprint density at radius 3 is 2.71 bits per heavy atom. The Labute approximate surface area is 126 Å². The highest BCUT2D eigenvalue weighted by molar-refractivity contribution is 5.95. The van der Waals surface area contributed by atoms with Crippen molar-refractivity contribution in [2.75, 3.05) is 25.1 Å². The number of carbonyl (C=O) groups is 1.